The van der Waals surface area contributed by atoms with Gasteiger partial charge >= 0.3 is 0 Å². The number of methoxy groups -OCH3 is 1. The zero-order chi connectivity index (χ0) is 16.7. The van der Waals surface area contributed by atoms with Gasteiger partial charge in [0.1, 0.15) is 11.6 Å². The molecule has 0 saturated heterocycles. The number of carbonyl (C=O) groups is 1. The molecule has 0 saturated carbocycles. The summed E-state index contributed by atoms with van der Waals surface area (Å²) in [6.07, 6.45) is 5.50. The van der Waals surface area contributed by atoms with Crippen molar-refractivity contribution in [3.63, 3.8) is 0 Å². The van der Waals surface area contributed by atoms with Crippen molar-refractivity contribution < 1.29 is 9.53 Å². The first kappa shape index (κ1) is 14.7. The van der Waals surface area contributed by atoms with Gasteiger partial charge < -0.3 is 9.14 Å². The van der Waals surface area contributed by atoms with Crippen LogP contribution in [0.5, 0.6) is 5.75 Å². The third-order valence-electron chi connectivity index (χ3n) is 4.58. The normalized spacial score (nSPS) is 15.8. The number of fused-ring (bicyclic) bond motifs is 2. The maximum Gasteiger partial charge on any atom is 0.189 e. The fourth-order valence-corrected chi connectivity index (χ4v) is 3.31. The predicted octanol–water partition coefficient (Wildman–Crippen LogP) is 3.86. The van der Waals surface area contributed by atoms with E-state index in [1.807, 2.05) is 60.0 Å². The van der Waals surface area contributed by atoms with Gasteiger partial charge in [-0.2, -0.15) is 0 Å². The van der Waals surface area contributed by atoms with Gasteiger partial charge in [0.25, 0.3) is 0 Å². The Balaban J connectivity index is 1.77. The molecule has 120 valence electrons. The number of aryl methyl sites for hydroxylation is 2. The molecule has 0 spiro atoms. The largest absolute Gasteiger partial charge is 0.497 e. The molecule has 2 aromatic heterocycles. The number of allylic oxidation sites excluding steroid dienone is 1. The second-order valence-electron chi connectivity index (χ2n) is 6.02. The average molecular weight is 318 g/mol. The van der Waals surface area contributed by atoms with E-state index in [1.165, 1.54) is 0 Å². The molecule has 24 heavy (non-hydrogen) atoms. The smallest absolute Gasteiger partial charge is 0.189 e. The summed E-state index contributed by atoms with van der Waals surface area (Å²) in [7, 11) is 1.64. The van der Waals surface area contributed by atoms with Gasteiger partial charge in [-0.05, 0) is 61.7 Å². The SMILES string of the molecule is COc1ccc2c(c1)CC/C(=C\c1nc(C)n3ccccc13)C2=O. The Morgan fingerprint density at radius 3 is 2.92 bits per heavy atom. The van der Waals surface area contributed by atoms with Crippen LogP contribution < -0.4 is 4.74 Å². The second-order valence-corrected chi connectivity index (χ2v) is 6.02. The molecule has 4 nitrogen and oxygen atoms in total. The van der Waals surface area contributed by atoms with Crippen molar-refractivity contribution in [2.24, 2.45) is 0 Å². The molecule has 0 aliphatic heterocycles. The first-order valence-electron chi connectivity index (χ1n) is 8.03. The van der Waals surface area contributed by atoms with Crippen molar-refractivity contribution in [2.45, 2.75) is 19.8 Å². The molecule has 4 heteroatoms. The summed E-state index contributed by atoms with van der Waals surface area (Å²) in [4.78, 5) is 17.4. The minimum Gasteiger partial charge on any atom is -0.497 e. The molecule has 1 aliphatic carbocycles. The van der Waals surface area contributed by atoms with Gasteiger partial charge in [-0.1, -0.05) is 6.07 Å². The predicted molar refractivity (Wildman–Crippen MR) is 93.6 cm³/mol. The summed E-state index contributed by atoms with van der Waals surface area (Å²) in [5.41, 5.74) is 4.52. The lowest BCUT2D eigenvalue weighted by Gasteiger charge is -2.18. The van der Waals surface area contributed by atoms with Gasteiger partial charge in [0.15, 0.2) is 5.78 Å². The van der Waals surface area contributed by atoms with Gasteiger partial charge in [-0.25, -0.2) is 4.98 Å². The zero-order valence-corrected chi connectivity index (χ0v) is 13.7. The summed E-state index contributed by atoms with van der Waals surface area (Å²) in [5, 5.41) is 0. The van der Waals surface area contributed by atoms with E-state index < -0.39 is 0 Å². The van der Waals surface area contributed by atoms with Crippen molar-refractivity contribution in [2.75, 3.05) is 7.11 Å². The summed E-state index contributed by atoms with van der Waals surface area (Å²) < 4.78 is 7.29. The molecule has 1 aromatic carbocycles. The number of nitrogens with zero attached hydrogens (tertiary/aromatic N) is 2. The number of Topliss-reactive ketones (excluding diaryl/α,β-unsaturated/α-hetero) is 1. The maximum absolute atomic E-state index is 12.8. The minimum absolute atomic E-state index is 0.0913. The number of pyridine rings is 1. The van der Waals surface area contributed by atoms with E-state index in [9.17, 15) is 4.79 Å². The van der Waals surface area contributed by atoms with Crippen LogP contribution in [0.1, 0.15) is 33.9 Å². The molecule has 0 unspecified atom stereocenters. The van der Waals surface area contributed by atoms with Crippen LogP contribution >= 0.6 is 0 Å². The van der Waals surface area contributed by atoms with Crippen LogP contribution in [0.15, 0.2) is 48.2 Å². The Hall–Kier alpha value is -2.88. The van der Waals surface area contributed by atoms with Crippen molar-refractivity contribution in [1.29, 1.82) is 0 Å². The highest BCUT2D eigenvalue weighted by atomic mass is 16.5. The Bertz CT molecular complexity index is 982. The quantitative estimate of drug-likeness (QED) is 0.674. The molecular formula is C20H18N2O2. The molecule has 0 bridgehead atoms. The van der Waals surface area contributed by atoms with E-state index in [4.69, 9.17) is 4.74 Å². The highest BCUT2D eigenvalue weighted by Gasteiger charge is 2.23. The molecule has 0 amide bonds. The number of hydrogen-bond acceptors (Lipinski definition) is 3. The zero-order valence-electron chi connectivity index (χ0n) is 13.7. The number of hydrogen-bond donors (Lipinski definition) is 0. The molecule has 0 fully saturated rings. The minimum atomic E-state index is 0.0913. The van der Waals surface area contributed by atoms with E-state index in [0.29, 0.717) is 0 Å². The van der Waals surface area contributed by atoms with Crippen LogP contribution in [0.2, 0.25) is 0 Å². The van der Waals surface area contributed by atoms with Crippen LogP contribution in [0.3, 0.4) is 0 Å². The number of ketones is 1. The first-order valence-corrected chi connectivity index (χ1v) is 8.03. The molecule has 2 heterocycles. The van der Waals surface area contributed by atoms with Gasteiger partial charge in [0.05, 0.1) is 18.3 Å². The Morgan fingerprint density at radius 1 is 1.21 bits per heavy atom. The summed E-state index contributed by atoms with van der Waals surface area (Å²) in [5.74, 6) is 1.81. The highest BCUT2D eigenvalue weighted by Crippen LogP contribution is 2.30. The molecule has 0 N–H and O–H groups in total. The van der Waals surface area contributed by atoms with Gasteiger partial charge in [-0.3, -0.25) is 4.79 Å². The molecular weight excluding hydrogens is 300 g/mol. The van der Waals surface area contributed by atoms with Crippen LogP contribution in [0, 0.1) is 6.92 Å². The van der Waals surface area contributed by atoms with Crippen molar-refractivity contribution in [3.8, 4) is 5.75 Å². The highest BCUT2D eigenvalue weighted by molar-refractivity contribution is 6.13. The third kappa shape index (κ3) is 2.31. The first-order chi connectivity index (χ1) is 11.7. The fraction of sp³-hybridized carbons (Fsp3) is 0.200. The van der Waals surface area contributed by atoms with E-state index >= 15 is 0 Å². The number of benzene rings is 1. The topological polar surface area (TPSA) is 43.6 Å². The fourth-order valence-electron chi connectivity index (χ4n) is 3.31. The Labute approximate surface area is 140 Å². The lowest BCUT2D eigenvalue weighted by atomic mass is 9.86. The van der Waals surface area contributed by atoms with E-state index in [0.717, 1.165) is 52.3 Å². The lowest BCUT2D eigenvalue weighted by molar-refractivity contribution is 0.102. The monoisotopic (exact) mass is 318 g/mol. The molecule has 0 atom stereocenters. The van der Waals surface area contributed by atoms with Crippen LogP contribution in [-0.4, -0.2) is 22.3 Å². The number of carbonyl (C=O) groups excluding carboxylic acids is 1. The second kappa shape index (κ2) is 5.64. The Morgan fingerprint density at radius 2 is 2.08 bits per heavy atom. The third-order valence-corrected chi connectivity index (χ3v) is 4.58. The van der Waals surface area contributed by atoms with Crippen molar-refractivity contribution >= 4 is 17.4 Å². The molecule has 3 aromatic rings. The van der Waals surface area contributed by atoms with Crippen LogP contribution in [-0.2, 0) is 6.42 Å². The lowest BCUT2D eigenvalue weighted by Crippen LogP contribution is -2.14. The van der Waals surface area contributed by atoms with Crippen molar-refractivity contribution in [3.05, 3.63) is 70.8 Å². The number of aromatic nitrogens is 2. The van der Waals surface area contributed by atoms with E-state index in [2.05, 4.69) is 4.98 Å². The number of ether oxygens (including phenoxy) is 1. The average Bonchev–Trinajstić information content (AvgIpc) is 2.93. The van der Waals surface area contributed by atoms with Gasteiger partial charge in [0, 0.05) is 17.3 Å². The van der Waals surface area contributed by atoms with Gasteiger partial charge in [-0.15, -0.1) is 0 Å². The summed E-state index contributed by atoms with van der Waals surface area (Å²) in [6.45, 7) is 1.97. The maximum atomic E-state index is 12.8. The number of imidazole rings is 1. The Kier molecular flexibility index (Phi) is 3.45. The summed E-state index contributed by atoms with van der Waals surface area (Å²) in [6, 6.07) is 11.7. The summed E-state index contributed by atoms with van der Waals surface area (Å²) >= 11 is 0. The number of rotatable bonds is 2. The van der Waals surface area contributed by atoms with E-state index in [-0.39, 0.29) is 5.78 Å². The standard InChI is InChI=1S/C20H18N2O2/c1-13-21-18(19-5-3-4-10-22(13)19)12-15-7-6-14-11-16(24-2)8-9-17(14)20(15)23/h3-5,8-12H,6-7H2,1-2H3/b15-12+. The molecule has 1 aliphatic rings. The van der Waals surface area contributed by atoms with E-state index in [1.54, 1.807) is 7.11 Å². The molecule has 0 radical (unpaired) electrons. The van der Waals surface area contributed by atoms with Crippen LogP contribution in [0.4, 0.5) is 0 Å². The van der Waals surface area contributed by atoms with Crippen LogP contribution in [0.25, 0.3) is 11.6 Å². The van der Waals surface area contributed by atoms with Gasteiger partial charge in [0.2, 0.25) is 0 Å². The van der Waals surface area contributed by atoms with Crippen molar-refractivity contribution in [1.82, 2.24) is 9.38 Å². The molecule has 4 rings (SSSR count).